The van der Waals surface area contributed by atoms with Crippen LogP contribution in [0.2, 0.25) is 0 Å². The van der Waals surface area contributed by atoms with Gasteiger partial charge in [0.2, 0.25) is 0 Å². The summed E-state index contributed by atoms with van der Waals surface area (Å²) in [7, 11) is 0. The van der Waals surface area contributed by atoms with Crippen molar-refractivity contribution in [1.29, 1.82) is 0 Å². The van der Waals surface area contributed by atoms with Gasteiger partial charge >= 0.3 is 0 Å². The smallest absolute Gasteiger partial charge is 0.0745 e. The molecule has 0 fully saturated rings. The summed E-state index contributed by atoms with van der Waals surface area (Å²) in [6, 6.07) is 10.1. The standard InChI is InChI=1S/C13H19NO/c1-2-3-7-12-15-14-11-10-13-8-5-4-6-9-13/h4-6,8-11,14H,2-3,7,12H2,1H3/b11-10+. The molecule has 0 saturated heterocycles. The highest BCUT2D eigenvalue weighted by molar-refractivity contribution is 5.47. The van der Waals surface area contributed by atoms with Crippen molar-refractivity contribution >= 4 is 6.08 Å². The van der Waals surface area contributed by atoms with E-state index in [2.05, 4.69) is 24.5 Å². The van der Waals surface area contributed by atoms with Crippen LogP contribution in [-0.2, 0) is 4.84 Å². The van der Waals surface area contributed by atoms with Gasteiger partial charge in [-0.15, -0.1) is 0 Å². The second-order valence-corrected chi connectivity index (χ2v) is 3.42. The van der Waals surface area contributed by atoms with E-state index in [0.29, 0.717) is 0 Å². The van der Waals surface area contributed by atoms with Gasteiger partial charge in [-0.1, -0.05) is 50.1 Å². The molecule has 0 amide bonds. The average Bonchev–Trinajstić information content (AvgIpc) is 2.29. The van der Waals surface area contributed by atoms with E-state index in [1.807, 2.05) is 30.5 Å². The molecule has 1 aromatic rings. The molecule has 0 aliphatic rings. The Balaban J connectivity index is 2.07. The Morgan fingerprint density at radius 2 is 2.00 bits per heavy atom. The van der Waals surface area contributed by atoms with Gasteiger partial charge in [0.05, 0.1) is 6.61 Å². The molecule has 0 heterocycles. The van der Waals surface area contributed by atoms with E-state index >= 15 is 0 Å². The summed E-state index contributed by atoms with van der Waals surface area (Å²) in [4.78, 5) is 5.22. The van der Waals surface area contributed by atoms with E-state index in [0.717, 1.165) is 13.0 Å². The van der Waals surface area contributed by atoms with Crippen molar-refractivity contribution in [1.82, 2.24) is 5.48 Å². The summed E-state index contributed by atoms with van der Waals surface area (Å²) >= 11 is 0. The zero-order chi connectivity index (χ0) is 10.8. The van der Waals surface area contributed by atoms with Gasteiger partial charge in [0, 0.05) is 6.20 Å². The lowest BCUT2D eigenvalue weighted by Gasteiger charge is -2.01. The number of rotatable bonds is 7. The third kappa shape index (κ3) is 5.92. The van der Waals surface area contributed by atoms with Crippen LogP contribution in [0.1, 0.15) is 31.7 Å². The molecule has 1 aromatic carbocycles. The SMILES string of the molecule is CCCCCON/C=C/c1ccccc1. The molecule has 2 heteroatoms. The van der Waals surface area contributed by atoms with Gasteiger partial charge in [-0.2, -0.15) is 0 Å². The minimum atomic E-state index is 0.771. The summed E-state index contributed by atoms with van der Waals surface area (Å²) in [5.74, 6) is 0. The predicted octanol–water partition coefficient (Wildman–Crippen LogP) is 3.37. The molecule has 15 heavy (non-hydrogen) atoms. The fraction of sp³-hybridized carbons (Fsp3) is 0.385. The van der Waals surface area contributed by atoms with Crippen molar-refractivity contribution in [2.75, 3.05) is 6.61 Å². The molecular formula is C13H19NO. The van der Waals surface area contributed by atoms with Gasteiger partial charge < -0.3 is 0 Å². The van der Waals surface area contributed by atoms with Crippen molar-refractivity contribution in [2.24, 2.45) is 0 Å². The van der Waals surface area contributed by atoms with Gasteiger partial charge in [-0.3, -0.25) is 10.3 Å². The minimum Gasteiger partial charge on any atom is -0.277 e. The van der Waals surface area contributed by atoms with Crippen LogP contribution in [0.5, 0.6) is 0 Å². The van der Waals surface area contributed by atoms with Crippen LogP contribution in [0.4, 0.5) is 0 Å². The number of nitrogens with one attached hydrogen (secondary N) is 1. The number of benzene rings is 1. The Morgan fingerprint density at radius 3 is 2.73 bits per heavy atom. The number of hydrogen-bond donors (Lipinski definition) is 1. The zero-order valence-electron chi connectivity index (χ0n) is 9.28. The highest BCUT2D eigenvalue weighted by Gasteiger charge is 1.85. The van der Waals surface area contributed by atoms with E-state index in [1.54, 1.807) is 0 Å². The fourth-order valence-electron chi connectivity index (χ4n) is 1.23. The van der Waals surface area contributed by atoms with Crippen molar-refractivity contribution in [2.45, 2.75) is 26.2 Å². The van der Waals surface area contributed by atoms with Crippen molar-refractivity contribution in [3.8, 4) is 0 Å². The molecule has 82 valence electrons. The Hall–Kier alpha value is -1.28. The van der Waals surface area contributed by atoms with E-state index in [1.165, 1.54) is 18.4 Å². The number of hydrogen-bond acceptors (Lipinski definition) is 2. The van der Waals surface area contributed by atoms with Gasteiger partial charge in [0.25, 0.3) is 0 Å². The average molecular weight is 205 g/mol. The Labute approximate surface area is 91.9 Å². The number of unbranched alkanes of at least 4 members (excludes halogenated alkanes) is 2. The topological polar surface area (TPSA) is 21.3 Å². The van der Waals surface area contributed by atoms with Crippen LogP contribution in [0, 0.1) is 0 Å². The second kappa shape index (κ2) is 8.06. The lowest BCUT2D eigenvalue weighted by Crippen LogP contribution is -2.07. The molecule has 0 unspecified atom stereocenters. The van der Waals surface area contributed by atoms with Crippen LogP contribution < -0.4 is 5.48 Å². The van der Waals surface area contributed by atoms with E-state index < -0.39 is 0 Å². The van der Waals surface area contributed by atoms with Crippen molar-refractivity contribution in [3.05, 3.63) is 42.1 Å². The lowest BCUT2D eigenvalue weighted by molar-refractivity contribution is 0.0689. The molecule has 2 nitrogen and oxygen atoms in total. The van der Waals surface area contributed by atoms with E-state index in [9.17, 15) is 0 Å². The Bertz CT molecular complexity index is 269. The zero-order valence-corrected chi connectivity index (χ0v) is 9.28. The molecule has 0 radical (unpaired) electrons. The molecule has 0 aliphatic carbocycles. The minimum absolute atomic E-state index is 0.771. The van der Waals surface area contributed by atoms with Crippen molar-refractivity contribution < 1.29 is 4.84 Å². The van der Waals surface area contributed by atoms with Crippen LogP contribution in [0.3, 0.4) is 0 Å². The summed E-state index contributed by atoms with van der Waals surface area (Å²) in [5.41, 5.74) is 3.98. The van der Waals surface area contributed by atoms with Gasteiger partial charge in [0.15, 0.2) is 0 Å². The van der Waals surface area contributed by atoms with Gasteiger partial charge in [-0.05, 0) is 18.1 Å². The third-order valence-corrected chi connectivity index (χ3v) is 2.08. The lowest BCUT2D eigenvalue weighted by atomic mass is 10.2. The molecular weight excluding hydrogens is 186 g/mol. The normalized spacial score (nSPS) is 10.7. The second-order valence-electron chi connectivity index (χ2n) is 3.42. The maximum atomic E-state index is 5.22. The summed E-state index contributed by atoms with van der Waals surface area (Å²) in [6.07, 6.45) is 7.37. The molecule has 1 rings (SSSR count). The Kier molecular flexibility index (Phi) is 6.34. The molecule has 0 saturated carbocycles. The highest BCUT2D eigenvalue weighted by Crippen LogP contribution is 1.99. The first-order chi connectivity index (χ1) is 7.43. The summed E-state index contributed by atoms with van der Waals surface area (Å²) < 4.78 is 0. The maximum absolute atomic E-state index is 5.22. The molecule has 1 N–H and O–H groups in total. The highest BCUT2D eigenvalue weighted by atomic mass is 16.6. The van der Waals surface area contributed by atoms with Crippen LogP contribution in [0.25, 0.3) is 6.08 Å². The Morgan fingerprint density at radius 1 is 1.20 bits per heavy atom. The molecule has 0 bridgehead atoms. The molecule has 0 atom stereocenters. The molecule has 0 aromatic heterocycles. The van der Waals surface area contributed by atoms with E-state index in [4.69, 9.17) is 4.84 Å². The first-order valence-corrected chi connectivity index (χ1v) is 5.52. The molecule has 0 aliphatic heterocycles. The fourth-order valence-corrected chi connectivity index (χ4v) is 1.23. The van der Waals surface area contributed by atoms with Gasteiger partial charge in [-0.25, -0.2) is 0 Å². The predicted molar refractivity (Wildman–Crippen MR) is 64.1 cm³/mol. The first kappa shape index (κ1) is 11.8. The van der Waals surface area contributed by atoms with E-state index in [-0.39, 0.29) is 0 Å². The summed E-state index contributed by atoms with van der Waals surface area (Å²) in [5, 5.41) is 0. The number of hydroxylamine groups is 1. The van der Waals surface area contributed by atoms with Gasteiger partial charge in [0.1, 0.15) is 0 Å². The van der Waals surface area contributed by atoms with Crippen LogP contribution >= 0.6 is 0 Å². The molecule has 0 spiro atoms. The van der Waals surface area contributed by atoms with Crippen LogP contribution in [-0.4, -0.2) is 6.61 Å². The largest absolute Gasteiger partial charge is 0.277 e. The first-order valence-electron chi connectivity index (χ1n) is 5.52. The van der Waals surface area contributed by atoms with Crippen LogP contribution in [0.15, 0.2) is 36.5 Å². The van der Waals surface area contributed by atoms with Crippen molar-refractivity contribution in [3.63, 3.8) is 0 Å². The summed E-state index contributed by atoms with van der Waals surface area (Å²) in [6.45, 7) is 2.95. The quantitative estimate of drug-likeness (QED) is 0.544. The monoisotopic (exact) mass is 205 g/mol. The third-order valence-electron chi connectivity index (χ3n) is 2.08. The maximum Gasteiger partial charge on any atom is 0.0745 e.